The Morgan fingerprint density at radius 3 is 2.46 bits per heavy atom. The summed E-state index contributed by atoms with van der Waals surface area (Å²) in [6.07, 6.45) is -0.00145. The highest BCUT2D eigenvalue weighted by Gasteiger charge is 2.34. The minimum atomic E-state index is -0.488. The van der Waals surface area contributed by atoms with Crippen molar-refractivity contribution in [1.29, 1.82) is 0 Å². The molecule has 2 aromatic rings. The van der Waals surface area contributed by atoms with Crippen LogP contribution in [0.3, 0.4) is 0 Å². The van der Waals surface area contributed by atoms with E-state index in [0.29, 0.717) is 22.1 Å². The third kappa shape index (κ3) is 4.34. The first-order valence-corrected chi connectivity index (χ1v) is 9.71. The number of benzene rings is 2. The van der Waals surface area contributed by atoms with Crippen LogP contribution in [0.25, 0.3) is 5.70 Å². The summed E-state index contributed by atoms with van der Waals surface area (Å²) in [6, 6.07) is 16.8. The summed E-state index contributed by atoms with van der Waals surface area (Å²) in [5.74, 6) is 0.308. The van der Waals surface area contributed by atoms with E-state index in [0.717, 1.165) is 11.1 Å². The number of carbonyl (C=O) groups excluding carboxylic acids is 1. The maximum absolute atomic E-state index is 13.0. The first-order chi connectivity index (χ1) is 13.5. The number of esters is 1. The monoisotopic (exact) mass is 396 g/mol. The summed E-state index contributed by atoms with van der Waals surface area (Å²) in [5.41, 5.74) is 2.81. The molecule has 5 nitrogen and oxygen atoms in total. The van der Waals surface area contributed by atoms with Crippen molar-refractivity contribution in [2.24, 2.45) is 0 Å². The first kappa shape index (κ1) is 19.9. The van der Waals surface area contributed by atoms with Gasteiger partial charge in [-0.2, -0.15) is 0 Å². The fraction of sp³-hybridized carbons (Fsp3) is 0.273. The van der Waals surface area contributed by atoms with Gasteiger partial charge in [-0.3, -0.25) is 0 Å². The molecule has 0 spiro atoms. The molecule has 1 atom stereocenters. The highest BCUT2D eigenvalue weighted by atomic mass is 32.1. The SMILES string of the molecule is CCOC(=O)C1=C(c2ccccc2)NC(=S)NC1c1ccccc1OC(C)C. The van der Waals surface area contributed by atoms with Crippen molar-refractivity contribution in [3.8, 4) is 5.75 Å². The third-order valence-electron chi connectivity index (χ3n) is 4.22. The van der Waals surface area contributed by atoms with Crippen LogP contribution in [0, 0.1) is 0 Å². The quantitative estimate of drug-likeness (QED) is 0.569. The molecular formula is C22H24N2O3S. The molecule has 1 heterocycles. The van der Waals surface area contributed by atoms with Crippen LogP contribution in [-0.4, -0.2) is 23.8 Å². The van der Waals surface area contributed by atoms with E-state index in [-0.39, 0.29) is 12.7 Å². The second-order valence-corrected chi connectivity index (χ2v) is 7.02. The molecule has 1 unspecified atom stereocenters. The Balaban J connectivity index is 2.18. The van der Waals surface area contributed by atoms with Crippen molar-refractivity contribution in [3.05, 3.63) is 71.3 Å². The molecule has 0 radical (unpaired) electrons. The van der Waals surface area contributed by atoms with Crippen molar-refractivity contribution < 1.29 is 14.3 Å². The van der Waals surface area contributed by atoms with Gasteiger partial charge in [0.15, 0.2) is 5.11 Å². The van der Waals surface area contributed by atoms with Gasteiger partial charge in [0.1, 0.15) is 5.75 Å². The molecule has 1 aliphatic rings. The van der Waals surface area contributed by atoms with E-state index in [2.05, 4.69) is 10.6 Å². The molecular weight excluding hydrogens is 372 g/mol. The normalized spacial score (nSPS) is 16.4. The van der Waals surface area contributed by atoms with Crippen molar-refractivity contribution in [2.75, 3.05) is 6.61 Å². The summed E-state index contributed by atoms with van der Waals surface area (Å²) < 4.78 is 11.4. The molecule has 0 fully saturated rings. The number of thiocarbonyl (C=S) groups is 1. The Labute approximate surface area is 170 Å². The second-order valence-electron chi connectivity index (χ2n) is 6.61. The minimum absolute atomic E-state index is 0.00145. The Morgan fingerprint density at radius 1 is 1.11 bits per heavy atom. The molecule has 146 valence electrons. The molecule has 2 N–H and O–H groups in total. The van der Waals surface area contributed by atoms with Gasteiger partial charge in [-0.05, 0) is 44.6 Å². The Kier molecular flexibility index (Phi) is 6.31. The molecule has 6 heteroatoms. The fourth-order valence-corrected chi connectivity index (χ4v) is 3.36. The lowest BCUT2D eigenvalue weighted by atomic mass is 9.92. The van der Waals surface area contributed by atoms with E-state index in [1.807, 2.05) is 68.4 Å². The molecule has 0 aromatic heterocycles. The zero-order valence-corrected chi connectivity index (χ0v) is 17.0. The van der Waals surface area contributed by atoms with Gasteiger partial charge < -0.3 is 20.1 Å². The van der Waals surface area contributed by atoms with E-state index in [1.165, 1.54) is 0 Å². The van der Waals surface area contributed by atoms with Crippen molar-refractivity contribution in [3.63, 3.8) is 0 Å². The maximum atomic E-state index is 13.0. The largest absolute Gasteiger partial charge is 0.491 e. The molecule has 0 amide bonds. The van der Waals surface area contributed by atoms with Gasteiger partial charge in [0.05, 0.1) is 30.0 Å². The van der Waals surface area contributed by atoms with Crippen molar-refractivity contribution in [1.82, 2.24) is 10.6 Å². The van der Waals surface area contributed by atoms with Gasteiger partial charge in [-0.15, -0.1) is 0 Å². The Morgan fingerprint density at radius 2 is 1.79 bits per heavy atom. The first-order valence-electron chi connectivity index (χ1n) is 9.31. The molecule has 3 rings (SSSR count). The third-order valence-corrected chi connectivity index (χ3v) is 4.44. The number of nitrogens with one attached hydrogen (secondary N) is 2. The summed E-state index contributed by atoms with van der Waals surface area (Å²) in [6.45, 7) is 6.01. The number of hydrogen-bond acceptors (Lipinski definition) is 4. The van der Waals surface area contributed by atoms with Crippen molar-refractivity contribution >= 4 is 29.0 Å². The summed E-state index contributed by atoms with van der Waals surface area (Å²) >= 11 is 5.45. The number of carbonyl (C=O) groups is 1. The van der Waals surface area contributed by atoms with Crippen LogP contribution < -0.4 is 15.4 Å². The van der Waals surface area contributed by atoms with Crippen LogP contribution in [0.15, 0.2) is 60.2 Å². The van der Waals surface area contributed by atoms with Crippen LogP contribution in [0.5, 0.6) is 5.75 Å². The fourth-order valence-electron chi connectivity index (χ4n) is 3.14. The van der Waals surface area contributed by atoms with Gasteiger partial charge in [-0.1, -0.05) is 48.5 Å². The van der Waals surface area contributed by atoms with Crippen LogP contribution in [-0.2, 0) is 9.53 Å². The van der Waals surface area contributed by atoms with E-state index >= 15 is 0 Å². The lowest BCUT2D eigenvalue weighted by Crippen LogP contribution is -2.45. The molecule has 0 aliphatic carbocycles. The van der Waals surface area contributed by atoms with Crippen LogP contribution in [0.2, 0.25) is 0 Å². The van der Waals surface area contributed by atoms with E-state index in [1.54, 1.807) is 6.92 Å². The zero-order chi connectivity index (χ0) is 20.1. The van der Waals surface area contributed by atoms with Crippen LogP contribution in [0.4, 0.5) is 0 Å². The molecule has 0 saturated carbocycles. The number of para-hydroxylation sites is 1. The van der Waals surface area contributed by atoms with Crippen LogP contribution in [0.1, 0.15) is 37.9 Å². The molecule has 1 aliphatic heterocycles. The predicted octanol–water partition coefficient (Wildman–Crippen LogP) is 3.97. The van der Waals surface area contributed by atoms with E-state index < -0.39 is 12.0 Å². The lowest BCUT2D eigenvalue weighted by Gasteiger charge is -2.32. The Hall–Kier alpha value is -2.86. The predicted molar refractivity (Wildman–Crippen MR) is 114 cm³/mol. The summed E-state index contributed by atoms with van der Waals surface area (Å²) in [4.78, 5) is 13.0. The second kappa shape index (κ2) is 8.89. The van der Waals surface area contributed by atoms with E-state index in [4.69, 9.17) is 21.7 Å². The standard InChI is InChI=1S/C22H24N2O3S/c1-4-26-21(25)18-19(15-10-6-5-7-11-15)23-22(28)24-20(18)16-12-8-9-13-17(16)27-14(2)3/h5-14,20H,4H2,1-3H3,(H2,23,24,28). The maximum Gasteiger partial charge on any atom is 0.338 e. The van der Waals surface area contributed by atoms with Crippen LogP contribution >= 0.6 is 12.2 Å². The smallest absolute Gasteiger partial charge is 0.338 e. The van der Waals surface area contributed by atoms with Crippen molar-refractivity contribution in [2.45, 2.75) is 32.9 Å². The molecule has 0 bridgehead atoms. The van der Waals surface area contributed by atoms with Gasteiger partial charge >= 0.3 is 5.97 Å². The lowest BCUT2D eigenvalue weighted by molar-refractivity contribution is -0.138. The van der Waals surface area contributed by atoms with Gasteiger partial charge in [-0.25, -0.2) is 4.79 Å². The Bertz CT molecular complexity index is 894. The topological polar surface area (TPSA) is 59.6 Å². The van der Waals surface area contributed by atoms with Gasteiger partial charge in [0.25, 0.3) is 0 Å². The highest BCUT2D eigenvalue weighted by Crippen LogP contribution is 2.36. The van der Waals surface area contributed by atoms with Gasteiger partial charge in [0.2, 0.25) is 0 Å². The minimum Gasteiger partial charge on any atom is -0.491 e. The number of hydrogen-bond donors (Lipinski definition) is 2. The summed E-state index contributed by atoms with van der Waals surface area (Å²) in [7, 11) is 0. The average molecular weight is 397 g/mol. The highest BCUT2D eigenvalue weighted by molar-refractivity contribution is 7.80. The zero-order valence-electron chi connectivity index (χ0n) is 16.2. The molecule has 28 heavy (non-hydrogen) atoms. The summed E-state index contributed by atoms with van der Waals surface area (Å²) in [5, 5.41) is 6.80. The number of rotatable bonds is 6. The van der Waals surface area contributed by atoms with Gasteiger partial charge in [0, 0.05) is 5.56 Å². The number of ether oxygens (including phenoxy) is 2. The van der Waals surface area contributed by atoms with E-state index in [9.17, 15) is 4.79 Å². The average Bonchev–Trinajstić information content (AvgIpc) is 2.68. The molecule has 0 saturated heterocycles. The molecule has 2 aromatic carbocycles.